The summed E-state index contributed by atoms with van der Waals surface area (Å²) in [6.45, 7) is -0.807. The number of carboxylic acids is 1. The maximum absolute atomic E-state index is 11.7. The molecule has 0 fully saturated rings. The molecule has 0 atom stereocenters. The van der Waals surface area contributed by atoms with Crippen LogP contribution in [-0.2, 0) is 19.1 Å². The van der Waals surface area contributed by atoms with E-state index in [9.17, 15) is 22.8 Å². The van der Waals surface area contributed by atoms with Gasteiger partial charge >= 0.3 is 18.1 Å². The third-order valence-electron chi connectivity index (χ3n) is 1.39. The first-order valence-electron chi connectivity index (χ1n) is 4.56. The number of hydrogen-bond donors (Lipinski definition) is 2. The fourth-order valence-corrected chi connectivity index (χ4v) is 0.716. The summed E-state index contributed by atoms with van der Waals surface area (Å²) in [7, 11) is 0. The maximum Gasteiger partial charge on any atom is 0.471 e. The molecule has 0 heterocycles. The predicted molar refractivity (Wildman–Crippen MR) is 48.3 cm³/mol. The zero-order chi connectivity index (χ0) is 13.3. The highest BCUT2D eigenvalue weighted by Gasteiger charge is 2.38. The summed E-state index contributed by atoms with van der Waals surface area (Å²) in [6, 6.07) is 0. The standard InChI is InChI=1S/C8H12F3NO5/c9-8(10,11)7(15)12-1-2-16-3-4-17-5-6(13)14/h1-5H2,(H,12,15)(H,13,14). The van der Waals surface area contributed by atoms with Crippen LogP contribution in [-0.4, -0.2) is 56.1 Å². The van der Waals surface area contributed by atoms with E-state index in [0.29, 0.717) is 0 Å². The third-order valence-corrected chi connectivity index (χ3v) is 1.39. The summed E-state index contributed by atoms with van der Waals surface area (Å²) in [6.07, 6.45) is -4.90. The fraction of sp³-hybridized carbons (Fsp3) is 0.750. The van der Waals surface area contributed by atoms with Crippen molar-refractivity contribution in [2.24, 2.45) is 0 Å². The first-order valence-corrected chi connectivity index (χ1v) is 4.56. The Bertz CT molecular complexity index is 256. The van der Waals surface area contributed by atoms with Gasteiger partial charge in [-0.1, -0.05) is 0 Å². The molecule has 0 aromatic carbocycles. The van der Waals surface area contributed by atoms with Gasteiger partial charge in [-0.3, -0.25) is 4.79 Å². The number of aliphatic carboxylic acids is 1. The van der Waals surface area contributed by atoms with Gasteiger partial charge in [0.2, 0.25) is 0 Å². The van der Waals surface area contributed by atoms with Crippen LogP contribution in [0.15, 0.2) is 0 Å². The van der Waals surface area contributed by atoms with Crippen LogP contribution in [0.3, 0.4) is 0 Å². The number of alkyl halides is 3. The van der Waals surface area contributed by atoms with E-state index in [1.54, 1.807) is 5.32 Å². The Balaban J connectivity index is 3.30. The predicted octanol–water partition coefficient (Wildman–Crippen LogP) is -0.217. The number of carbonyl (C=O) groups excluding carboxylic acids is 1. The Morgan fingerprint density at radius 1 is 1.12 bits per heavy atom. The Morgan fingerprint density at radius 3 is 2.24 bits per heavy atom. The molecule has 0 aromatic heterocycles. The smallest absolute Gasteiger partial charge is 0.471 e. The highest BCUT2D eigenvalue weighted by Crippen LogP contribution is 2.13. The van der Waals surface area contributed by atoms with E-state index in [-0.39, 0.29) is 26.4 Å². The van der Waals surface area contributed by atoms with Gasteiger partial charge in [0.05, 0.1) is 19.8 Å². The zero-order valence-electron chi connectivity index (χ0n) is 8.75. The van der Waals surface area contributed by atoms with Crippen molar-refractivity contribution in [3.63, 3.8) is 0 Å². The van der Waals surface area contributed by atoms with Gasteiger partial charge in [-0.25, -0.2) is 4.79 Å². The lowest BCUT2D eigenvalue weighted by atomic mass is 10.5. The lowest BCUT2D eigenvalue weighted by Gasteiger charge is -2.08. The molecule has 17 heavy (non-hydrogen) atoms. The first kappa shape index (κ1) is 15.7. The van der Waals surface area contributed by atoms with Crippen LogP contribution < -0.4 is 5.32 Å². The minimum absolute atomic E-state index is 0.0134. The molecule has 0 aromatic rings. The fourth-order valence-electron chi connectivity index (χ4n) is 0.716. The molecule has 6 nitrogen and oxygen atoms in total. The maximum atomic E-state index is 11.7. The number of halogens is 3. The molecule has 100 valence electrons. The van der Waals surface area contributed by atoms with E-state index >= 15 is 0 Å². The normalized spacial score (nSPS) is 11.2. The van der Waals surface area contributed by atoms with E-state index in [4.69, 9.17) is 9.84 Å². The number of carboxylic acid groups (broad SMARTS) is 1. The topological polar surface area (TPSA) is 84.9 Å². The van der Waals surface area contributed by atoms with E-state index in [1.165, 1.54) is 0 Å². The van der Waals surface area contributed by atoms with E-state index in [2.05, 4.69) is 4.74 Å². The van der Waals surface area contributed by atoms with Gasteiger partial charge in [-0.2, -0.15) is 13.2 Å². The van der Waals surface area contributed by atoms with Crippen LogP contribution in [0.5, 0.6) is 0 Å². The van der Waals surface area contributed by atoms with Crippen molar-refractivity contribution >= 4 is 11.9 Å². The van der Waals surface area contributed by atoms with Crippen LogP contribution >= 0.6 is 0 Å². The molecule has 0 radical (unpaired) electrons. The van der Waals surface area contributed by atoms with Crippen molar-refractivity contribution in [3.05, 3.63) is 0 Å². The Kier molecular flexibility index (Phi) is 7.22. The number of rotatable bonds is 8. The minimum Gasteiger partial charge on any atom is -0.480 e. The molecule has 0 spiro atoms. The van der Waals surface area contributed by atoms with Crippen molar-refractivity contribution < 1.29 is 37.3 Å². The van der Waals surface area contributed by atoms with Gasteiger partial charge < -0.3 is 19.9 Å². The minimum atomic E-state index is -4.90. The quantitative estimate of drug-likeness (QED) is 0.589. The number of hydrogen-bond acceptors (Lipinski definition) is 4. The Hall–Kier alpha value is -1.35. The summed E-state index contributed by atoms with van der Waals surface area (Å²) in [5.41, 5.74) is 0. The second-order valence-corrected chi connectivity index (χ2v) is 2.81. The molecular formula is C8H12F3NO5. The zero-order valence-corrected chi connectivity index (χ0v) is 8.75. The first-order chi connectivity index (χ1) is 7.84. The summed E-state index contributed by atoms with van der Waals surface area (Å²) in [4.78, 5) is 20.3. The molecule has 9 heteroatoms. The molecule has 1 amide bonds. The van der Waals surface area contributed by atoms with Gasteiger partial charge in [-0.05, 0) is 0 Å². The van der Waals surface area contributed by atoms with E-state index in [1.807, 2.05) is 0 Å². The van der Waals surface area contributed by atoms with E-state index < -0.39 is 24.7 Å². The Morgan fingerprint density at radius 2 is 1.71 bits per heavy atom. The van der Waals surface area contributed by atoms with Crippen molar-refractivity contribution in [1.82, 2.24) is 5.32 Å². The third kappa shape index (κ3) is 9.57. The molecule has 0 aliphatic rings. The largest absolute Gasteiger partial charge is 0.480 e. The lowest BCUT2D eigenvalue weighted by Crippen LogP contribution is -2.38. The highest BCUT2D eigenvalue weighted by molar-refractivity contribution is 5.81. The van der Waals surface area contributed by atoms with Crippen LogP contribution in [0.25, 0.3) is 0 Å². The molecule has 0 saturated carbocycles. The average Bonchev–Trinajstić information content (AvgIpc) is 2.19. The summed E-state index contributed by atoms with van der Waals surface area (Å²) >= 11 is 0. The van der Waals surface area contributed by atoms with Crippen LogP contribution in [0, 0.1) is 0 Å². The summed E-state index contributed by atoms with van der Waals surface area (Å²) in [5.74, 6) is -3.15. The lowest BCUT2D eigenvalue weighted by molar-refractivity contribution is -0.173. The molecule has 2 N–H and O–H groups in total. The molecule has 0 bridgehead atoms. The summed E-state index contributed by atoms with van der Waals surface area (Å²) in [5, 5.41) is 9.78. The van der Waals surface area contributed by atoms with E-state index in [0.717, 1.165) is 0 Å². The Labute approximate surface area is 94.7 Å². The molecule has 0 aliphatic carbocycles. The van der Waals surface area contributed by atoms with Gasteiger partial charge in [0.15, 0.2) is 0 Å². The second kappa shape index (κ2) is 7.85. The number of amides is 1. The summed E-state index contributed by atoms with van der Waals surface area (Å²) < 4.78 is 44.4. The van der Waals surface area contributed by atoms with Crippen molar-refractivity contribution in [1.29, 1.82) is 0 Å². The van der Waals surface area contributed by atoms with Crippen molar-refractivity contribution in [2.45, 2.75) is 6.18 Å². The average molecular weight is 259 g/mol. The molecular weight excluding hydrogens is 247 g/mol. The van der Waals surface area contributed by atoms with Gasteiger partial charge in [0, 0.05) is 6.54 Å². The van der Waals surface area contributed by atoms with Gasteiger partial charge in [0.25, 0.3) is 0 Å². The number of carbonyl (C=O) groups is 2. The monoisotopic (exact) mass is 259 g/mol. The van der Waals surface area contributed by atoms with Gasteiger partial charge in [-0.15, -0.1) is 0 Å². The number of nitrogens with one attached hydrogen (secondary N) is 1. The van der Waals surface area contributed by atoms with Crippen molar-refractivity contribution in [2.75, 3.05) is 33.0 Å². The molecule has 0 unspecified atom stereocenters. The molecule has 0 aliphatic heterocycles. The highest BCUT2D eigenvalue weighted by atomic mass is 19.4. The molecule has 0 saturated heterocycles. The SMILES string of the molecule is O=C(O)COCCOCCNC(=O)C(F)(F)F. The second-order valence-electron chi connectivity index (χ2n) is 2.81. The van der Waals surface area contributed by atoms with Crippen LogP contribution in [0.2, 0.25) is 0 Å². The van der Waals surface area contributed by atoms with Crippen LogP contribution in [0.1, 0.15) is 0 Å². The van der Waals surface area contributed by atoms with Crippen LogP contribution in [0.4, 0.5) is 13.2 Å². The molecule has 0 rings (SSSR count). The van der Waals surface area contributed by atoms with Crippen molar-refractivity contribution in [3.8, 4) is 0 Å². The number of ether oxygens (including phenoxy) is 2. The van der Waals surface area contributed by atoms with Gasteiger partial charge in [0.1, 0.15) is 6.61 Å².